The Morgan fingerprint density at radius 1 is 1.42 bits per heavy atom. The number of carbonyl (C=O) groups is 2. The van der Waals surface area contributed by atoms with E-state index in [1.807, 2.05) is 0 Å². The van der Waals surface area contributed by atoms with Gasteiger partial charge >= 0.3 is 11.9 Å². The standard InChI is InChI=1S/C8H12O4/c1-4-5(2)8(3,6(9)10)7(11)12/h4-5H,1H2,2-3H3,(H,9,10)(H,11,12)/t5-/m1/s1. The van der Waals surface area contributed by atoms with Gasteiger partial charge < -0.3 is 10.2 Å². The first-order chi connectivity index (χ1) is 5.37. The minimum atomic E-state index is -1.78. The maximum absolute atomic E-state index is 10.6. The predicted octanol–water partition coefficient (Wildman–Crippen LogP) is 0.984. The summed E-state index contributed by atoms with van der Waals surface area (Å²) in [5.74, 6) is -3.29. The Hall–Kier alpha value is -1.32. The molecule has 0 bridgehead atoms. The number of rotatable bonds is 4. The second-order valence-corrected chi connectivity index (χ2v) is 2.84. The average molecular weight is 172 g/mol. The number of hydrogen-bond acceptors (Lipinski definition) is 2. The molecule has 0 saturated carbocycles. The molecule has 4 nitrogen and oxygen atoms in total. The summed E-state index contributed by atoms with van der Waals surface area (Å²) >= 11 is 0. The highest BCUT2D eigenvalue weighted by atomic mass is 16.4. The third-order valence-electron chi connectivity index (χ3n) is 2.15. The van der Waals surface area contributed by atoms with Gasteiger partial charge in [0.25, 0.3) is 0 Å². The molecule has 0 aromatic rings. The lowest BCUT2D eigenvalue weighted by molar-refractivity contribution is -0.165. The Balaban J connectivity index is 4.99. The van der Waals surface area contributed by atoms with E-state index in [4.69, 9.17) is 10.2 Å². The molecule has 0 aliphatic heterocycles. The first kappa shape index (κ1) is 10.7. The summed E-state index contributed by atoms with van der Waals surface area (Å²) in [6.07, 6.45) is 1.32. The van der Waals surface area contributed by atoms with Gasteiger partial charge in [-0.05, 0) is 6.92 Å². The molecule has 0 unspecified atom stereocenters. The van der Waals surface area contributed by atoms with Gasteiger partial charge in [0.05, 0.1) is 0 Å². The SMILES string of the molecule is C=C[C@@H](C)C(C)(C(=O)O)C(=O)O. The topological polar surface area (TPSA) is 74.6 Å². The van der Waals surface area contributed by atoms with E-state index in [-0.39, 0.29) is 0 Å². The molecule has 0 aliphatic carbocycles. The summed E-state index contributed by atoms with van der Waals surface area (Å²) in [6.45, 7) is 6.04. The maximum Gasteiger partial charge on any atom is 0.321 e. The van der Waals surface area contributed by atoms with Gasteiger partial charge in [-0.25, -0.2) is 0 Å². The highest BCUT2D eigenvalue weighted by Crippen LogP contribution is 2.28. The molecule has 0 aromatic heterocycles. The molecule has 0 heterocycles. The Bertz CT molecular complexity index is 205. The monoisotopic (exact) mass is 172 g/mol. The normalized spacial score (nSPS) is 13.5. The lowest BCUT2D eigenvalue weighted by Crippen LogP contribution is -2.41. The van der Waals surface area contributed by atoms with E-state index < -0.39 is 23.3 Å². The summed E-state index contributed by atoms with van der Waals surface area (Å²) in [5, 5.41) is 17.4. The number of hydrogen-bond donors (Lipinski definition) is 2. The molecule has 2 N–H and O–H groups in total. The minimum Gasteiger partial charge on any atom is -0.480 e. The van der Waals surface area contributed by atoms with E-state index >= 15 is 0 Å². The van der Waals surface area contributed by atoms with Crippen LogP contribution >= 0.6 is 0 Å². The quantitative estimate of drug-likeness (QED) is 0.489. The molecular weight excluding hydrogens is 160 g/mol. The van der Waals surface area contributed by atoms with Crippen LogP contribution in [0.5, 0.6) is 0 Å². The molecular formula is C8H12O4. The highest BCUT2D eigenvalue weighted by molar-refractivity contribution is 5.98. The summed E-state index contributed by atoms with van der Waals surface area (Å²) in [4.78, 5) is 21.3. The molecule has 0 radical (unpaired) electrons. The maximum atomic E-state index is 10.6. The van der Waals surface area contributed by atoms with E-state index in [1.165, 1.54) is 19.9 Å². The van der Waals surface area contributed by atoms with Crippen molar-refractivity contribution in [1.29, 1.82) is 0 Å². The van der Waals surface area contributed by atoms with Crippen molar-refractivity contribution in [1.82, 2.24) is 0 Å². The summed E-state index contributed by atoms with van der Waals surface area (Å²) < 4.78 is 0. The van der Waals surface area contributed by atoms with Gasteiger partial charge in [-0.3, -0.25) is 9.59 Å². The van der Waals surface area contributed by atoms with Gasteiger partial charge in [-0.1, -0.05) is 13.0 Å². The van der Waals surface area contributed by atoms with Crippen molar-refractivity contribution in [2.45, 2.75) is 13.8 Å². The van der Waals surface area contributed by atoms with Gasteiger partial charge in [0.2, 0.25) is 0 Å². The predicted molar refractivity (Wildman–Crippen MR) is 42.7 cm³/mol. The fraction of sp³-hybridized carbons (Fsp3) is 0.500. The number of carboxylic acid groups (broad SMARTS) is 2. The van der Waals surface area contributed by atoms with Crippen LogP contribution in [-0.2, 0) is 9.59 Å². The van der Waals surface area contributed by atoms with Crippen LogP contribution in [0.3, 0.4) is 0 Å². The van der Waals surface area contributed by atoms with Crippen molar-refractivity contribution in [3.63, 3.8) is 0 Å². The van der Waals surface area contributed by atoms with E-state index in [0.717, 1.165) is 0 Å². The Kier molecular flexibility index (Phi) is 3.01. The van der Waals surface area contributed by atoms with Crippen molar-refractivity contribution < 1.29 is 19.8 Å². The summed E-state index contributed by atoms with van der Waals surface area (Å²) in [7, 11) is 0. The molecule has 4 heteroatoms. The fourth-order valence-corrected chi connectivity index (χ4v) is 0.717. The van der Waals surface area contributed by atoms with Crippen LogP contribution in [0.15, 0.2) is 12.7 Å². The molecule has 0 saturated heterocycles. The Labute approximate surface area is 70.5 Å². The van der Waals surface area contributed by atoms with Gasteiger partial charge in [0.15, 0.2) is 5.41 Å². The fourth-order valence-electron chi connectivity index (χ4n) is 0.717. The van der Waals surface area contributed by atoms with Crippen LogP contribution in [0.1, 0.15) is 13.8 Å². The van der Waals surface area contributed by atoms with Crippen LogP contribution in [0.25, 0.3) is 0 Å². The van der Waals surface area contributed by atoms with Crippen molar-refractivity contribution in [2.24, 2.45) is 11.3 Å². The minimum absolute atomic E-state index is 0.604. The second-order valence-electron chi connectivity index (χ2n) is 2.84. The van der Waals surface area contributed by atoms with Crippen LogP contribution in [0.2, 0.25) is 0 Å². The Morgan fingerprint density at radius 3 is 1.83 bits per heavy atom. The number of allylic oxidation sites excluding steroid dienone is 1. The van der Waals surface area contributed by atoms with Gasteiger partial charge in [0.1, 0.15) is 0 Å². The zero-order chi connectivity index (χ0) is 9.94. The average Bonchev–Trinajstić information content (AvgIpc) is 2.00. The molecule has 1 atom stereocenters. The van der Waals surface area contributed by atoms with Crippen LogP contribution in [0, 0.1) is 11.3 Å². The zero-order valence-corrected chi connectivity index (χ0v) is 7.07. The second kappa shape index (κ2) is 3.38. The van der Waals surface area contributed by atoms with Crippen molar-refractivity contribution in [3.05, 3.63) is 12.7 Å². The number of aliphatic carboxylic acids is 2. The third-order valence-corrected chi connectivity index (χ3v) is 2.15. The first-order valence-corrected chi connectivity index (χ1v) is 3.46. The Morgan fingerprint density at radius 2 is 1.75 bits per heavy atom. The van der Waals surface area contributed by atoms with E-state index in [9.17, 15) is 9.59 Å². The molecule has 0 aromatic carbocycles. The summed E-state index contributed by atoms with van der Waals surface area (Å²) in [6, 6.07) is 0. The van der Waals surface area contributed by atoms with Crippen LogP contribution in [-0.4, -0.2) is 22.2 Å². The van der Waals surface area contributed by atoms with Gasteiger partial charge in [-0.2, -0.15) is 0 Å². The van der Waals surface area contributed by atoms with E-state index in [1.54, 1.807) is 0 Å². The lowest BCUT2D eigenvalue weighted by Gasteiger charge is -2.23. The molecule has 0 spiro atoms. The smallest absolute Gasteiger partial charge is 0.321 e. The largest absolute Gasteiger partial charge is 0.480 e. The van der Waals surface area contributed by atoms with E-state index in [0.29, 0.717) is 0 Å². The van der Waals surface area contributed by atoms with Crippen molar-refractivity contribution >= 4 is 11.9 Å². The van der Waals surface area contributed by atoms with Crippen LogP contribution < -0.4 is 0 Å². The first-order valence-electron chi connectivity index (χ1n) is 3.46. The summed E-state index contributed by atoms with van der Waals surface area (Å²) in [5.41, 5.74) is -1.78. The van der Waals surface area contributed by atoms with E-state index in [2.05, 4.69) is 6.58 Å². The molecule has 0 amide bonds. The van der Waals surface area contributed by atoms with Gasteiger partial charge in [-0.15, -0.1) is 6.58 Å². The highest BCUT2D eigenvalue weighted by Gasteiger charge is 2.45. The van der Waals surface area contributed by atoms with Gasteiger partial charge in [0, 0.05) is 5.92 Å². The zero-order valence-electron chi connectivity index (χ0n) is 7.07. The van der Waals surface area contributed by atoms with Crippen molar-refractivity contribution in [2.75, 3.05) is 0 Å². The molecule has 68 valence electrons. The molecule has 12 heavy (non-hydrogen) atoms. The molecule has 0 aliphatic rings. The third kappa shape index (κ3) is 1.47. The number of carboxylic acids is 2. The van der Waals surface area contributed by atoms with Crippen LogP contribution in [0.4, 0.5) is 0 Å². The van der Waals surface area contributed by atoms with Crippen molar-refractivity contribution in [3.8, 4) is 0 Å². The lowest BCUT2D eigenvalue weighted by atomic mass is 9.78. The molecule has 0 rings (SSSR count). The molecule has 0 fully saturated rings.